The van der Waals surface area contributed by atoms with E-state index in [-0.39, 0.29) is 16.2 Å². The summed E-state index contributed by atoms with van der Waals surface area (Å²) in [5.41, 5.74) is 17.4. The average molecular weight is 954 g/mol. The Bertz CT molecular complexity index is 3550. The first-order valence-electron chi connectivity index (χ1n) is 25.9. The van der Waals surface area contributed by atoms with E-state index >= 15 is 0 Å². The van der Waals surface area contributed by atoms with E-state index in [1.807, 2.05) is 6.20 Å². The van der Waals surface area contributed by atoms with Crippen LogP contribution in [0.4, 0.5) is 39.8 Å². The van der Waals surface area contributed by atoms with E-state index in [2.05, 4.69) is 295 Å². The van der Waals surface area contributed by atoms with E-state index in [1.54, 1.807) is 0 Å². The lowest BCUT2D eigenvalue weighted by atomic mass is 9.71. The molecule has 1 aliphatic heterocycles. The van der Waals surface area contributed by atoms with Crippen molar-refractivity contribution < 1.29 is 0 Å². The van der Waals surface area contributed by atoms with Crippen LogP contribution in [0.3, 0.4) is 0 Å². The van der Waals surface area contributed by atoms with Gasteiger partial charge in [0.15, 0.2) is 0 Å². The van der Waals surface area contributed by atoms with Gasteiger partial charge in [0.25, 0.3) is 0 Å². The molecule has 0 spiro atoms. The summed E-state index contributed by atoms with van der Waals surface area (Å²) in [5.74, 6) is 0.902. The van der Waals surface area contributed by atoms with E-state index < -0.39 is 5.41 Å². The Balaban J connectivity index is 1.07. The highest BCUT2D eigenvalue weighted by atomic mass is 15.4. The number of hydrogen-bond acceptors (Lipinski definition) is 4. The Morgan fingerprint density at radius 3 is 1.52 bits per heavy atom. The van der Waals surface area contributed by atoms with Crippen molar-refractivity contribution in [2.24, 2.45) is 0 Å². The number of para-hydroxylation sites is 3. The average Bonchev–Trinajstić information content (AvgIpc) is 3.94. The minimum atomic E-state index is -0.399. The second-order valence-electron chi connectivity index (χ2n) is 23.2. The molecule has 5 heteroatoms. The van der Waals surface area contributed by atoms with Crippen LogP contribution in [0.1, 0.15) is 103 Å². The molecule has 0 fully saturated rings. The van der Waals surface area contributed by atoms with Crippen LogP contribution in [-0.4, -0.2) is 16.2 Å². The highest BCUT2D eigenvalue weighted by Crippen LogP contribution is 2.48. The van der Waals surface area contributed by atoms with Crippen LogP contribution in [0.15, 0.2) is 212 Å². The van der Waals surface area contributed by atoms with Gasteiger partial charge in [-0.2, -0.15) is 0 Å². The topological polar surface area (TPSA) is 27.5 Å². The Morgan fingerprint density at radius 2 is 0.918 bits per heavy atom. The summed E-state index contributed by atoms with van der Waals surface area (Å²) in [7, 11) is 0. The number of benzene rings is 8. The van der Waals surface area contributed by atoms with Crippen LogP contribution in [0, 0.1) is 0 Å². The van der Waals surface area contributed by atoms with Gasteiger partial charge in [-0.3, -0.25) is 4.57 Å². The fraction of sp³-hybridized carbons (Fsp3) is 0.221. The summed E-state index contributed by atoms with van der Waals surface area (Å²) in [6, 6.07) is 76.3. The monoisotopic (exact) mass is 954 g/mol. The second kappa shape index (κ2) is 18.0. The summed E-state index contributed by atoms with van der Waals surface area (Å²) >= 11 is 0. The van der Waals surface area contributed by atoms with E-state index in [0.717, 1.165) is 39.6 Å². The number of pyridine rings is 1. The molecule has 11 rings (SSSR count). The van der Waals surface area contributed by atoms with E-state index in [1.165, 1.54) is 61.2 Å². The quantitative estimate of drug-likeness (QED) is 0.135. The second-order valence-corrected chi connectivity index (χ2v) is 23.2. The molecule has 0 unspecified atom stereocenters. The number of hydrogen-bond donors (Lipinski definition) is 0. The minimum absolute atomic E-state index is 0.00357. The highest BCUT2D eigenvalue weighted by Gasteiger charge is 2.33. The summed E-state index contributed by atoms with van der Waals surface area (Å²) in [5, 5.41) is 2.36. The van der Waals surface area contributed by atoms with Crippen molar-refractivity contribution in [1.29, 1.82) is 0 Å². The fourth-order valence-corrected chi connectivity index (χ4v) is 10.9. The zero-order valence-electron chi connectivity index (χ0n) is 44.2. The molecule has 0 saturated heterocycles. The molecular weight excluding hydrogens is 887 g/mol. The van der Waals surface area contributed by atoms with Gasteiger partial charge in [-0.1, -0.05) is 178 Å². The predicted octanol–water partition coefficient (Wildman–Crippen LogP) is 18.1. The van der Waals surface area contributed by atoms with Crippen molar-refractivity contribution in [3.05, 3.63) is 246 Å². The van der Waals surface area contributed by atoms with Gasteiger partial charge < -0.3 is 14.7 Å². The summed E-state index contributed by atoms with van der Waals surface area (Å²) in [6.07, 6.45) is 1.97. The number of anilines is 7. The number of fused-ring (bicyclic) bond motifs is 4. The van der Waals surface area contributed by atoms with Gasteiger partial charge in [0.1, 0.15) is 12.5 Å². The third-order valence-corrected chi connectivity index (χ3v) is 15.2. The fourth-order valence-electron chi connectivity index (χ4n) is 10.9. The Kier molecular flexibility index (Phi) is 11.7. The van der Waals surface area contributed by atoms with Gasteiger partial charge in [0.2, 0.25) is 0 Å². The molecule has 0 amide bonds. The first-order valence-corrected chi connectivity index (χ1v) is 25.9. The van der Waals surface area contributed by atoms with Gasteiger partial charge in [-0.05, 0) is 148 Å². The van der Waals surface area contributed by atoms with E-state index in [4.69, 9.17) is 4.98 Å². The third kappa shape index (κ3) is 8.65. The normalized spacial score (nSPS) is 13.2. The maximum absolute atomic E-state index is 5.13. The minimum Gasteiger partial charge on any atom is -0.321 e. The molecular formula is C68H67N5. The molecule has 0 radical (unpaired) electrons. The molecule has 0 bridgehead atoms. The maximum Gasteiger partial charge on any atom is 0.137 e. The number of nitrogens with zero attached hydrogens (tertiary/aromatic N) is 5. The Hall–Kier alpha value is -7.89. The zero-order valence-corrected chi connectivity index (χ0v) is 44.2. The van der Waals surface area contributed by atoms with Crippen LogP contribution < -0.4 is 14.7 Å². The summed E-state index contributed by atoms with van der Waals surface area (Å²) in [6.45, 7) is 23.8. The van der Waals surface area contributed by atoms with Crippen LogP contribution in [-0.2, 0) is 21.7 Å². The van der Waals surface area contributed by atoms with Crippen molar-refractivity contribution >= 4 is 61.6 Å². The van der Waals surface area contributed by atoms with Gasteiger partial charge in [-0.15, -0.1) is 0 Å². The molecule has 2 aromatic heterocycles. The summed E-state index contributed by atoms with van der Waals surface area (Å²) in [4.78, 5) is 12.5. The maximum atomic E-state index is 5.13. The SMILES string of the molecule is CC(C)(C)c1cc(N2CN(c3cccc(N(c4ccccc4)c4ccc5c6cc(C(C)(c7ccccc7)c7ccccc7)ccc6n(-c6cc(C(C)(C)C)ccn6)c5c4)c3)c3ccccc32)cc(C(C)(C)C)c1. The zero-order chi connectivity index (χ0) is 50.9. The highest BCUT2D eigenvalue weighted by molar-refractivity contribution is 6.10. The lowest BCUT2D eigenvalue weighted by molar-refractivity contribution is 0.568. The number of aromatic nitrogens is 2. The largest absolute Gasteiger partial charge is 0.321 e. The molecule has 0 atom stereocenters. The van der Waals surface area contributed by atoms with E-state index in [9.17, 15) is 0 Å². The Morgan fingerprint density at radius 1 is 0.370 bits per heavy atom. The summed E-state index contributed by atoms with van der Waals surface area (Å²) < 4.78 is 2.38. The predicted molar refractivity (Wildman–Crippen MR) is 310 cm³/mol. The molecule has 0 saturated carbocycles. The van der Waals surface area contributed by atoms with Crippen molar-refractivity contribution in [1.82, 2.24) is 9.55 Å². The molecule has 5 nitrogen and oxygen atoms in total. The van der Waals surface area contributed by atoms with Gasteiger partial charge in [0, 0.05) is 50.8 Å². The first kappa shape index (κ1) is 47.4. The van der Waals surface area contributed by atoms with Gasteiger partial charge in [0.05, 0.1) is 22.4 Å². The van der Waals surface area contributed by atoms with E-state index in [0.29, 0.717) is 6.67 Å². The van der Waals surface area contributed by atoms with Crippen LogP contribution in [0.5, 0.6) is 0 Å². The molecule has 8 aromatic carbocycles. The standard InChI is InChI=1S/C68H67N5/c1-65(2,3)49-37-38-69-64(43-49)73-60-36-33-50(68(10,47-23-14-11-15-24-47)48-25-16-12-17-26-48)42-59(60)58-35-34-56(45-63(58)73)72(53-27-18-13-19-28-53)55-30-22-29-54(44-55)70-46-71(62-32-21-20-31-61(62)70)57-40-51(66(4,5)6)39-52(41-57)67(7,8)9/h11-45H,46H2,1-10H3. The lowest BCUT2D eigenvalue weighted by Crippen LogP contribution is -2.25. The van der Waals surface area contributed by atoms with Crippen LogP contribution >= 0.6 is 0 Å². The molecule has 0 N–H and O–H groups in total. The Labute approximate surface area is 433 Å². The smallest absolute Gasteiger partial charge is 0.137 e. The van der Waals surface area contributed by atoms with Crippen molar-refractivity contribution in [2.75, 3.05) is 21.4 Å². The molecule has 10 aromatic rings. The molecule has 364 valence electrons. The first-order chi connectivity index (χ1) is 35.0. The molecule has 0 aliphatic carbocycles. The van der Waals surface area contributed by atoms with Crippen molar-refractivity contribution in [3.8, 4) is 5.82 Å². The molecule has 73 heavy (non-hydrogen) atoms. The molecule has 1 aliphatic rings. The molecule has 3 heterocycles. The van der Waals surface area contributed by atoms with Crippen LogP contribution in [0.2, 0.25) is 0 Å². The van der Waals surface area contributed by atoms with Gasteiger partial charge in [-0.25, -0.2) is 4.98 Å². The third-order valence-electron chi connectivity index (χ3n) is 15.2. The number of rotatable bonds is 9. The van der Waals surface area contributed by atoms with Gasteiger partial charge >= 0.3 is 0 Å². The lowest BCUT2D eigenvalue weighted by Gasteiger charge is -2.32. The van der Waals surface area contributed by atoms with Crippen molar-refractivity contribution in [3.63, 3.8) is 0 Å². The van der Waals surface area contributed by atoms with Crippen LogP contribution in [0.25, 0.3) is 27.6 Å². The van der Waals surface area contributed by atoms with Crippen molar-refractivity contribution in [2.45, 2.75) is 90.9 Å².